The second kappa shape index (κ2) is 7.53. The molecule has 0 heterocycles. The third kappa shape index (κ3) is 2.95. The molecule has 2 saturated carbocycles. The molecule has 0 aliphatic heterocycles. The van der Waals surface area contributed by atoms with Crippen LogP contribution in [0.5, 0.6) is 0 Å². The van der Waals surface area contributed by atoms with Crippen molar-refractivity contribution in [3.8, 4) is 0 Å². The lowest BCUT2D eigenvalue weighted by atomic mass is 9.47. The molecule has 0 bridgehead atoms. The molecular formula is C25H27FO8. The van der Waals surface area contributed by atoms with Crippen LogP contribution in [0.4, 0.5) is 4.39 Å². The van der Waals surface area contributed by atoms with Gasteiger partial charge in [0.15, 0.2) is 29.4 Å². The van der Waals surface area contributed by atoms with E-state index in [2.05, 4.69) is 0 Å². The molecule has 0 spiro atoms. The maximum atomic E-state index is 17.0. The second-order valence-corrected chi connectivity index (χ2v) is 10.1. The fourth-order valence-electron chi connectivity index (χ4n) is 6.51. The first-order valence-corrected chi connectivity index (χ1v) is 11.1. The van der Waals surface area contributed by atoms with Gasteiger partial charge in [0.05, 0.1) is 5.41 Å². The van der Waals surface area contributed by atoms with Gasteiger partial charge in [-0.25, -0.2) is 4.39 Å². The monoisotopic (exact) mass is 474 g/mol. The fraction of sp³-hybridized carbons (Fsp3) is 0.560. The molecule has 0 aromatic rings. The van der Waals surface area contributed by atoms with Crippen molar-refractivity contribution < 1.29 is 42.9 Å². The van der Waals surface area contributed by atoms with E-state index in [0.29, 0.717) is 5.57 Å². The van der Waals surface area contributed by atoms with Gasteiger partial charge in [-0.1, -0.05) is 25.2 Å². The summed E-state index contributed by atoms with van der Waals surface area (Å²) in [6.45, 7) is 4.50. The Morgan fingerprint density at radius 2 is 1.82 bits per heavy atom. The SMILES string of the molecule is CC(=O)OCC(=O)[C@@]1(O)[C@H](OC(C)=O)C[C@H]2[C@@H]3C=CC4=CC(=O)C=C[C@]4(C)[C@@]3(F)C(=O)C[C@@]21C. The van der Waals surface area contributed by atoms with Gasteiger partial charge in [0.2, 0.25) is 5.78 Å². The predicted molar refractivity (Wildman–Crippen MR) is 115 cm³/mol. The van der Waals surface area contributed by atoms with Crippen LogP contribution in [0.2, 0.25) is 0 Å². The molecule has 182 valence electrons. The number of carbonyl (C=O) groups excluding carboxylic acids is 5. The zero-order chi connectivity index (χ0) is 25.3. The van der Waals surface area contributed by atoms with Crippen molar-refractivity contribution in [1.82, 2.24) is 0 Å². The fourth-order valence-corrected chi connectivity index (χ4v) is 6.51. The van der Waals surface area contributed by atoms with Crippen molar-refractivity contribution in [2.24, 2.45) is 22.7 Å². The summed E-state index contributed by atoms with van der Waals surface area (Å²) in [5, 5.41) is 11.8. The first kappa shape index (κ1) is 24.2. The average Bonchev–Trinajstić information content (AvgIpc) is 2.95. The quantitative estimate of drug-likeness (QED) is 0.611. The van der Waals surface area contributed by atoms with E-state index in [-0.39, 0.29) is 12.2 Å². The van der Waals surface area contributed by atoms with Crippen molar-refractivity contribution in [3.05, 3.63) is 36.0 Å². The van der Waals surface area contributed by atoms with E-state index in [1.807, 2.05) is 0 Å². The third-order valence-electron chi connectivity index (χ3n) is 8.31. The highest BCUT2D eigenvalue weighted by atomic mass is 19.1. The molecule has 0 radical (unpaired) electrons. The molecule has 2 fully saturated rings. The minimum absolute atomic E-state index is 0.0792. The number of hydrogen-bond donors (Lipinski definition) is 1. The van der Waals surface area contributed by atoms with Crippen LogP contribution >= 0.6 is 0 Å². The molecule has 7 atom stereocenters. The van der Waals surface area contributed by atoms with Crippen LogP contribution < -0.4 is 0 Å². The highest BCUT2D eigenvalue weighted by Gasteiger charge is 2.77. The minimum Gasteiger partial charge on any atom is -0.459 e. The van der Waals surface area contributed by atoms with Crippen LogP contribution in [-0.2, 0) is 33.4 Å². The molecule has 8 nitrogen and oxygen atoms in total. The summed E-state index contributed by atoms with van der Waals surface area (Å²) < 4.78 is 27.1. The predicted octanol–water partition coefficient (Wildman–Crippen LogP) is 1.75. The molecular weight excluding hydrogens is 447 g/mol. The summed E-state index contributed by atoms with van der Waals surface area (Å²) in [7, 11) is 0. The lowest BCUT2D eigenvalue weighted by Gasteiger charge is -2.57. The van der Waals surface area contributed by atoms with E-state index >= 15 is 4.39 Å². The summed E-state index contributed by atoms with van der Waals surface area (Å²) in [4.78, 5) is 61.8. The normalized spacial score (nSPS) is 42.3. The van der Waals surface area contributed by atoms with Gasteiger partial charge in [-0.2, -0.15) is 0 Å². The zero-order valence-electron chi connectivity index (χ0n) is 19.4. The Balaban J connectivity index is 1.85. The maximum Gasteiger partial charge on any atom is 0.303 e. The van der Waals surface area contributed by atoms with E-state index in [9.17, 15) is 29.1 Å². The van der Waals surface area contributed by atoms with Crippen molar-refractivity contribution in [2.75, 3.05) is 6.61 Å². The van der Waals surface area contributed by atoms with Crippen molar-refractivity contribution in [1.29, 1.82) is 0 Å². The number of aliphatic hydroxyl groups is 1. The summed E-state index contributed by atoms with van der Waals surface area (Å²) >= 11 is 0. The lowest BCUT2D eigenvalue weighted by molar-refractivity contribution is -0.193. The van der Waals surface area contributed by atoms with Crippen molar-refractivity contribution >= 4 is 29.3 Å². The summed E-state index contributed by atoms with van der Waals surface area (Å²) in [6.07, 6.45) is 5.09. The van der Waals surface area contributed by atoms with Crippen LogP contribution in [0.3, 0.4) is 0 Å². The number of ketones is 3. The van der Waals surface area contributed by atoms with E-state index in [1.165, 1.54) is 31.2 Å². The van der Waals surface area contributed by atoms with Crippen LogP contribution in [0.15, 0.2) is 36.0 Å². The molecule has 0 aromatic heterocycles. The number of fused-ring (bicyclic) bond motifs is 5. The van der Waals surface area contributed by atoms with Gasteiger partial charge in [-0.15, -0.1) is 0 Å². The Hall–Kier alpha value is -2.94. The van der Waals surface area contributed by atoms with Crippen LogP contribution in [0.25, 0.3) is 0 Å². The molecule has 4 rings (SSSR count). The number of allylic oxidation sites excluding steroid dienone is 6. The number of halogens is 1. The van der Waals surface area contributed by atoms with Crippen LogP contribution in [-0.4, -0.2) is 58.4 Å². The number of rotatable bonds is 4. The van der Waals surface area contributed by atoms with Gasteiger partial charge < -0.3 is 14.6 Å². The Kier molecular flexibility index (Phi) is 5.36. The number of carbonyl (C=O) groups is 5. The largest absolute Gasteiger partial charge is 0.459 e. The van der Waals surface area contributed by atoms with E-state index in [0.717, 1.165) is 13.8 Å². The summed E-state index contributed by atoms with van der Waals surface area (Å²) in [5.41, 5.74) is -7.37. The molecule has 0 amide bonds. The Bertz CT molecular complexity index is 1100. The van der Waals surface area contributed by atoms with Crippen molar-refractivity contribution in [2.45, 2.75) is 57.9 Å². The van der Waals surface area contributed by atoms with Crippen LogP contribution in [0.1, 0.15) is 40.5 Å². The average molecular weight is 474 g/mol. The van der Waals surface area contributed by atoms with E-state index in [4.69, 9.17) is 9.47 Å². The van der Waals surface area contributed by atoms with Gasteiger partial charge in [-0.05, 0) is 37.0 Å². The molecule has 34 heavy (non-hydrogen) atoms. The van der Waals surface area contributed by atoms with Crippen LogP contribution in [0, 0.1) is 22.7 Å². The lowest BCUT2D eigenvalue weighted by Crippen LogP contribution is -2.68. The maximum absolute atomic E-state index is 17.0. The van der Waals surface area contributed by atoms with Gasteiger partial charge >= 0.3 is 11.9 Å². The van der Waals surface area contributed by atoms with Gasteiger partial charge in [0.1, 0.15) is 6.10 Å². The van der Waals surface area contributed by atoms with Crippen molar-refractivity contribution in [3.63, 3.8) is 0 Å². The summed E-state index contributed by atoms with van der Waals surface area (Å²) in [6, 6.07) is 0. The summed E-state index contributed by atoms with van der Waals surface area (Å²) in [5.74, 6) is -5.39. The third-order valence-corrected chi connectivity index (χ3v) is 8.31. The number of esters is 2. The van der Waals surface area contributed by atoms with Gasteiger partial charge in [0.25, 0.3) is 0 Å². The van der Waals surface area contributed by atoms with E-state index in [1.54, 1.807) is 13.0 Å². The standard InChI is InChI=1S/C25H27FO8/c1-13(27)33-12-20(31)25(32)21(34-14(2)28)10-18-17-6-5-15-9-16(29)7-8-22(15,3)24(17,26)19(30)11-23(18,25)4/h5-9,17-18,21,32H,10-12H2,1-4H3/t17-,18-,21+,22-,23-,24-,25+/m0/s1. The topological polar surface area (TPSA) is 124 Å². The zero-order valence-corrected chi connectivity index (χ0v) is 19.4. The highest BCUT2D eigenvalue weighted by Crippen LogP contribution is 2.67. The molecule has 0 unspecified atom stereocenters. The highest BCUT2D eigenvalue weighted by molar-refractivity contribution is 6.03. The van der Waals surface area contributed by atoms with Gasteiger partial charge in [-0.3, -0.25) is 24.0 Å². The molecule has 0 aromatic carbocycles. The Morgan fingerprint density at radius 3 is 2.44 bits per heavy atom. The molecule has 1 N–H and O–H groups in total. The Labute approximate surface area is 195 Å². The number of ether oxygens (including phenoxy) is 2. The van der Waals surface area contributed by atoms with E-state index < -0.39 is 76.6 Å². The Morgan fingerprint density at radius 1 is 1.15 bits per heavy atom. The molecule has 0 saturated heterocycles. The number of hydrogen-bond acceptors (Lipinski definition) is 8. The molecule has 4 aliphatic carbocycles. The minimum atomic E-state index is -2.44. The number of Topliss-reactive ketones (excluding diaryl/α,β-unsaturated/α-hetero) is 2. The molecule has 4 aliphatic rings. The second-order valence-electron chi connectivity index (χ2n) is 10.1. The first-order chi connectivity index (χ1) is 15.7. The first-order valence-electron chi connectivity index (χ1n) is 11.1. The number of alkyl halides is 1. The van der Waals surface area contributed by atoms with Gasteiger partial charge in [0, 0.05) is 31.6 Å². The molecule has 9 heteroatoms. The smallest absolute Gasteiger partial charge is 0.303 e.